The standard InChI is InChI=1S/C15H20F2N4/c1-3-11-8-13(21(2)20-11)9-12(19-18)6-10-4-5-14(16)15(17)7-10/h4-5,7-8,12,19H,3,6,9,18H2,1-2H3. The van der Waals surface area contributed by atoms with Crippen molar-refractivity contribution in [2.75, 3.05) is 0 Å². The van der Waals surface area contributed by atoms with Crippen molar-refractivity contribution in [1.29, 1.82) is 0 Å². The number of nitrogens with zero attached hydrogens (tertiary/aromatic N) is 2. The Labute approximate surface area is 122 Å². The predicted octanol–water partition coefficient (Wildman–Crippen LogP) is 1.88. The fourth-order valence-corrected chi connectivity index (χ4v) is 2.33. The summed E-state index contributed by atoms with van der Waals surface area (Å²) in [7, 11) is 1.89. The van der Waals surface area contributed by atoms with E-state index in [4.69, 9.17) is 5.84 Å². The summed E-state index contributed by atoms with van der Waals surface area (Å²) in [6, 6.07) is 5.88. The molecule has 1 aromatic carbocycles. The first-order valence-electron chi connectivity index (χ1n) is 6.95. The topological polar surface area (TPSA) is 55.9 Å². The van der Waals surface area contributed by atoms with E-state index in [0.717, 1.165) is 23.9 Å². The molecule has 0 saturated carbocycles. The lowest BCUT2D eigenvalue weighted by molar-refractivity contribution is 0.492. The number of nitrogens with one attached hydrogen (secondary N) is 1. The number of nitrogens with two attached hydrogens (primary N) is 1. The smallest absolute Gasteiger partial charge is 0.159 e. The molecule has 0 aliphatic rings. The van der Waals surface area contributed by atoms with Crippen LogP contribution in [0.5, 0.6) is 0 Å². The maximum Gasteiger partial charge on any atom is 0.159 e. The Balaban J connectivity index is 2.08. The highest BCUT2D eigenvalue weighted by molar-refractivity contribution is 5.20. The van der Waals surface area contributed by atoms with E-state index in [-0.39, 0.29) is 6.04 Å². The molecule has 0 bridgehead atoms. The average molecular weight is 294 g/mol. The van der Waals surface area contributed by atoms with Crippen molar-refractivity contribution in [2.24, 2.45) is 12.9 Å². The molecule has 0 aliphatic heterocycles. The lowest BCUT2D eigenvalue weighted by Gasteiger charge is -2.16. The third kappa shape index (κ3) is 3.86. The Morgan fingerprint density at radius 1 is 1.24 bits per heavy atom. The molecule has 0 spiro atoms. The van der Waals surface area contributed by atoms with Gasteiger partial charge in [-0.15, -0.1) is 0 Å². The van der Waals surface area contributed by atoms with Gasteiger partial charge in [-0.1, -0.05) is 13.0 Å². The van der Waals surface area contributed by atoms with Crippen molar-refractivity contribution in [1.82, 2.24) is 15.2 Å². The number of halogens is 2. The molecule has 21 heavy (non-hydrogen) atoms. The van der Waals surface area contributed by atoms with Crippen LogP contribution in [-0.2, 0) is 26.3 Å². The van der Waals surface area contributed by atoms with Crippen molar-refractivity contribution >= 4 is 0 Å². The van der Waals surface area contributed by atoms with Gasteiger partial charge in [0.25, 0.3) is 0 Å². The minimum atomic E-state index is -0.838. The normalized spacial score (nSPS) is 12.6. The molecule has 0 saturated heterocycles. The minimum absolute atomic E-state index is 0.0741. The highest BCUT2D eigenvalue weighted by Gasteiger charge is 2.14. The van der Waals surface area contributed by atoms with Crippen LogP contribution in [0.4, 0.5) is 8.78 Å². The van der Waals surface area contributed by atoms with Gasteiger partial charge in [-0.3, -0.25) is 16.0 Å². The van der Waals surface area contributed by atoms with Gasteiger partial charge in [0.05, 0.1) is 5.69 Å². The van der Waals surface area contributed by atoms with Crippen molar-refractivity contribution in [3.63, 3.8) is 0 Å². The molecular formula is C15H20F2N4. The second-order valence-electron chi connectivity index (χ2n) is 5.12. The van der Waals surface area contributed by atoms with Crippen molar-refractivity contribution in [3.05, 3.63) is 52.9 Å². The third-order valence-electron chi connectivity index (χ3n) is 3.55. The largest absolute Gasteiger partial charge is 0.272 e. The van der Waals surface area contributed by atoms with Gasteiger partial charge in [0.1, 0.15) is 0 Å². The van der Waals surface area contributed by atoms with Crippen LogP contribution >= 0.6 is 0 Å². The van der Waals surface area contributed by atoms with Gasteiger partial charge < -0.3 is 0 Å². The van der Waals surface area contributed by atoms with Crippen LogP contribution in [0, 0.1) is 11.6 Å². The zero-order valence-electron chi connectivity index (χ0n) is 12.2. The first kappa shape index (κ1) is 15.6. The molecule has 0 aliphatic carbocycles. The molecule has 1 unspecified atom stereocenters. The first-order chi connectivity index (χ1) is 10.0. The maximum absolute atomic E-state index is 13.2. The summed E-state index contributed by atoms with van der Waals surface area (Å²) in [6.45, 7) is 2.05. The summed E-state index contributed by atoms with van der Waals surface area (Å²) >= 11 is 0. The highest BCUT2D eigenvalue weighted by Crippen LogP contribution is 2.13. The monoisotopic (exact) mass is 294 g/mol. The van der Waals surface area contributed by atoms with Gasteiger partial charge in [-0.25, -0.2) is 8.78 Å². The Bertz CT molecular complexity index is 610. The van der Waals surface area contributed by atoms with Crippen molar-refractivity contribution in [3.8, 4) is 0 Å². The number of hydrazine groups is 1. The highest BCUT2D eigenvalue weighted by atomic mass is 19.2. The molecule has 2 aromatic rings. The van der Waals surface area contributed by atoms with E-state index in [1.807, 2.05) is 24.7 Å². The van der Waals surface area contributed by atoms with E-state index in [0.29, 0.717) is 18.4 Å². The molecule has 1 atom stereocenters. The molecule has 2 rings (SSSR count). The molecular weight excluding hydrogens is 274 g/mol. The number of hydrogen-bond donors (Lipinski definition) is 2. The molecule has 3 N–H and O–H groups in total. The van der Waals surface area contributed by atoms with E-state index >= 15 is 0 Å². The third-order valence-corrected chi connectivity index (χ3v) is 3.55. The zero-order chi connectivity index (χ0) is 15.4. The summed E-state index contributed by atoms with van der Waals surface area (Å²) in [5.74, 6) is 3.90. The zero-order valence-corrected chi connectivity index (χ0v) is 12.2. The number of benzene rings is 1. The van der Waals surface area contributed by atoms with Gasteiger partial charge in [0.2, 0.25) is 0 Å². The summed E-state index contributed by atoms with van der Waals surface area (Å²) in [5.41, 5.74) is 5.51. The quantitative estimate of drug-likeness (QED) is 0.632. The summed E-state index contributed by atoms with van der Waals surface area (Å²) in [4.78, 5) is 0. The Morgan fingerprint density at radius 3 is 2.57 bits per heavy atom. The first-order valence-corrected chi connectivity index (χ1v) is 6.95. The number of aromatic nitrogens is 2. The molecule has 4 nitrogen and oxygen atoms in total. The van der Waals surface area contributed by atoms with E-state index in [2.05, 4.69) is 10.5 Å². The lowest BCUT2D eigenvalue weighted by Crippen LogP contribution is -2.38. The number of rotatable bonds is 6. The Hall–Kier alpha value is -1.79. The van der Waals surface area contributed by atoms with Gasteiger partial charge in [-0.05, 0) is 36.6 Å². The van der Waals surface area contributed by atoms with E-state index in [1.54, 1.807) is 6.07 Å². The predicted molar refractivity (Wildman–Crippen MR) is 77.5 cm³/mol. The second kappa shape index (κ2) is 6.78. The Morgan fingerprint density at radius 2 is 2.00 bits per heavy atom. The molecule has 0 amide bonds. The molecule has 6 heteroatoms. The van der Waals surface area contributed by atoms with Crippen LogP contribution in [0.1, 0.15) is 23.9 Å². The molecule has 0 fully saturated rings. The minimum Gasteiger partial charge on any atom is -0.272 e. The summed E-state index contributed by atoms with van der Waals surface area (Å²) < 4.78 is 28.0. The van der Waals surface area contributed by atoms with Crippen LogP contribution in [0.15, 0.2) is 24.3 Å². The van der Waals surface area contributed by atoms with Gasteiger partial charge >= 0.3 is 0 Å². The lowest BCUT2D eigenvalue weighted by atomic mass is 10.0. The molecule has 114 valence electrons. The van der Waals surface area contributed by atoms with Crippen LogP contribution in [0.25, 0.3) is 0 Å². The Kier molecular flexibility index (Phi) is 5.03. The summed E-state index contributed by atoms with van der Waals surface area (Å²) in [5, 5.41) is 4.39. The second-order valence-corrected chi connectivity index (χ2v) is 5.12. The van der Waals surface area contributed by atoms with Gasteiger partial charge in [0, 0.05) is 25.2 Å². The van der Waals surface area contributed by atoms with Crippen molar-refractivity contribution < 1.29 is 8.78 Å². The van der Waals surface area contributed by atoms with Crippen LogP contribution in [0.2, 0.25) is 0 Å². The average Bonchev–Trinajstić information content (AvgIpc) is 2.82. The van der Waals surface area contributed by atoms with Gasteiger partial charge in [0.15, 0.2) is 11.6 Å². The maximum atomic E-state index is 13.2. The summed E-state index contributed by atoms with van der Waals surface area (Å²) in [6.07, 6.45) is 2.05. The molecule has 1 aromatic heterocycles. The fourth-order valence-electron chi connectivity index (χ4n) is 2.33. The SMILES string of the molecule is CCc1cc(CC(Cc2ccc(F)c(F)c2)NN)n(C)n1. The number of hydrogen-bond acceptors (Lipinski definition) is 3. The molecule has 1 heterocycles. The van der Waals surface area contributed by atoms with E-state index in [9.17, 15) is 8.78 Å². The van der Waals surface area contributed by atoms with Crippen LogP contribution in [-0.4, -0.2) is 15.8 Å². The van der Waals surface area contributed by atoms with Gasteiger partial charge in [-0.2, -0.15) is 5.10 Å². The van der Waals surface area contributed by atoms with E-state index < -0.39 is 11.6 Å². The van der Waals surface area contributed by atoms with E-state index in [1.165, 1.54) is 6.07 Å². The fraction of sp³-hybridized carbons (Fsp3) is 0.400. The molecule has 0 radical (unpaired) electrons. The van der Waals surface area contributed by atoms with Crippen LogP contribution in [0.3, 0.4) is 0 Å². The number of aryl methyl sites for hydroxylation is 2. The van der Waals surface area contributed by atoms with Crippen LogP contribution < -0.4 is 11.3 Å². The van der Waals surface area contributed by atoms with Crippen molar-refractivity contribution in [2.45, 2.75) is 32.2 Å².